The third kappa shape index (κ3) is 4.06. The Balaban J connectivity index is 2.11. The SMILES string of the molecule is COCC1OC(n2c(Cl)nc3cc(Cl)c(Cl)cc32)C(OC(C)=O)C1OC(C)=O. The van der Waals surface area contributed by atoms with E-state index in [0.717, 1.165) is 0 Å². The summed E-state index contributed by atoms with van der Waals surface area (Å²) in [6.45, 7) is 2.60. The van der Waals surface area contributed by atoms with Gasteiger partial charge >= 0.3 is 11.9 Å². The van der Waals surface area contributed by atoms with E-state index in [1.54, 1.807) is 12.1 Å². The summed E-state index contributed by atoms with van der Waals surface area (Å²) in [6.07, 6.45) is -3.50. The van der Waals surface area contributed by atoms with E-state index in [1.165, 1.54) is 25.5 Å². The molecule has 1 aromatic heterocycles. The van der Waals surface area contributed by atoms with E-state index in [0.29, 0.717) is 21.1 Å². The molecule has 4 atom stereocenters. The molecule has 0 bridgehead atoms. The lowest BCUT2D eigenvalue weighted by atomic mass is 10.1. The second-order valence-electron chi connectivity index (χ2n) is 6.17. The maximum Gasteiger partial charge on any atom is 0.303 e. The molecular weight excluding hydrogens is 435 g/mol. The number of halogens is 3. The number of imidazole rings is 1. The van der Waals surface area contributed by atoms with Crippen LogP contribution in [0.5, 0.6) is 0 Å². The number of hydrogen-bond acceptors (Lipinski definition) is 7. The summed E-state index contributed by atoms with van der Waals surface area (Å²) in [6, 6.07) is 3.14. The van der Waals surface area contributed by atoms with Crippen LogP contribution in [-0.2, 0) is 28.5 Å². The zero-order valence-corrected chi connectivity index (χ0v) is 17.4. The van der Waals surface area contributed by atoms with Gasteiger partial charge in [0.2, 0.25) is 5.28 Å². The zero-order chi connectivity index (χ0) is 20.6. The number of fused-ring (bicyclic) bond motifs is 1. The van der Waals surface area contributed by atoms with Gasteiger partial charge in [0.05, 0.1) is 27.7 Å². The van der Waals surface area contributed by atoms with Crippen molar-refractivity contribution in [3.63, 3.8) is 0 Å². The number of nitrogens with zero attached hydrogens (tertiary/aromatic N) is 2. The Labute approximate surface area is 175 Å². The molecule has 1 fully saturated rings. The predicted molar refractivity (Wildman–Crippen MR) is 102 cm³/mol. The van der Waals surface area contributed by atoms with Gasteiger partial charge in [0.15, 0.2) is 18.4 Å². The van der Waals surface area contributed by atoms with Crippen LogP contribution in [0.1, 0.15) is 20.1 Å². The normalized spacial score (nSPS) is 24.5. The maximum absolute atomic E-state index is 11.7. The van der Waals surface area contributed by atoms with Gasteiger partial charge in [-0.25, -0.2) is 4.98 Å². The Hall–Kier alpha value is -1.58. The number of carbonyl (C=O) groups is 2. The number of carbonyl (C=O) groups excluding carboxylic acids is 2. The van der Waals surface area contributed by atoms with E-state index >= 15 is 0 Å². The molecular formula is C17H17Cl3N2O6. The molecule has 1 aromatic carbocycles. The molecule has 11 heteroatoms. The number of aromatic nitrogens is 2. The fourth-order valence-electron chi connectivity index (χ4n) is 3.17. The van der Waals surface area contributed by atoms with Crippen molar-refractivity contribution < 1.29 is 28.5 Å². The molecule has 1 aliphatic heterocycles. The fraction of sp³-hybridized carbons (Fsp3) is 0.471. The Morgan fingerprint density at radius 2 is 1.71 bits per heavy atom. The summed E-state index contributed by atoms with van der Waals surface area (Å²) < 4.78 is 23.5. The predicted octanol–water partition coefficient (Wildman–Crippen LogP) is 3.40. The average Bonchev–Trinajstić information content (AvgIpc) is 3.05. The standard InChI is InChI=1S/C17H17Cl3N2O6/c1-7(23)26-14-13(6-25-3)28-16(15(14)27-8(2)24)22-12-5-10(19)9(18)4-11(12)21-17(22)20/h4-5,13-16H,6H2,1-3H3. The summed E-state index contributed by atoms with van der Waals surface area (Å²) in [5.74, 6) is -1.13. The largest absolute Gasteiger partial charge is 0.456 e. The van der Waals surface area contributed by atoms with Crippen LogP contribution in [0.3, 0.4) is 0 Å². The van der Waals surface area contributed by atoms with Crippen molar-refractivity contribution in [1.82, 2.24) is 9.55 Å². The van der Waals surface area contributed by atoms with Crippen LogP contribution in [-0.4, -0.2) is 53.5 Å². The first-order valence-electron chi connectivity index (χ1n) is 8.24. The highest BCUT2D eigenvalue weighted by Gasteiger charge is 2.51. The molecule has 0 N–H and O–H groups in total. The monoisotopic (exact) mass is 450 g/mol. The van der Waals surface area contributed by atoms with Crippen LogP contribution in [0, 0.1) is 0 Å². The van der Waals surface area contributed by atoms with Gasteiger partial charge in [0.25, 0.3) is 0 Å². The summed E-state index contributed by atoms with van der Waals surface area (Å²) in [5, 5.41) is 0.670. The second-order valence-corrected chi connectivity index (χ2v) is 7.33. The molecule has 0 saturated carbocycles. The number of benzene rings is 1. The lowest BCUT2D eigenvalue weighted by Gasteiger charge is -2.24. The number of hydrogen-bond donors (Lipinski definition) is 0. The molecule has 0 radical (unpaired) electrons. The van der Waals surface area contributed by atoms with E-state index in [9.17, 15) is 9.59 Å². The van der Waals surface area contributed by atoms with E-state index < -0.39 is 36.5 Å². The third-order valence-corrected chi connectivity index (χ3v) is 5.15. The molecule has 28 heavy (non-hydrogen) atoms. The van der Waals surface area contributed by atoms with Gasteiger partial charge in [-0.1, -0.05) is 23.2 Å². The zero-order valence-electron chi connectivity index (χ0n) is 15.1. The summed E-state index contributed by atoms with van der Waals surface area (Å²) in [7, 11) is 1.48. The van der Waals surface area contributed by atoms with Gasteiger partial charge in [0.1, 0.15) is 6.10 Å². The summed E-state index contributed by atoms with van der Waals surface area (Å²) in [4.78, 5) is 27.6. The van der Waals surface area contributed by atoms with Crippen molar-refractivity contribution in [1.29, 1.82) is 0 Å². The van der Waals surface area contributed by atoms with Crippen LogP contribution < -0.4 is 0 Å². The third-order valence-electron chi connectivity index (χ3n) is 4.16. The molecule has 8 nitrogen and oxygen atoms in total. The number of methoxy groups -OCH3 is 1. The number of esters is 2. The molecule has 2 heterocycles. The molecule has 1 saturated heterocycles. The topological polar surface area (TPSA) is 88.9 Å². The Bertz CT molecular complexity index is 918. The lowest BCUT2D eigenvalue weighted by molar-refractivity contribution is -0.165. The molecule has 0 spiro atoms. The van der Waals surface area contributed by atoms with Crippen molar-refractivity contribution >= 4 is 57.8 Å². The molecule has 0 amide bonds. The van der Waals surface area contributed by atoms with Crippen molar-refractivity contribution in [3.05, 3.63) is 27.5 Å². The first-order valence-corrected chi connectivity index (χ1v) is 9.37. The minimum absolute atomic E-state index is 0.0649. The van der Waals surface area contributed by atoms with Gasteiger partial charge < -0.3 is 18.9 Å². The van der Waals surface area contributed by atoms with Crippen molar-refractivity contribution in [3.8, 4) is 0 Å². The Morgan fingerprint density at radius 1 is 1.11 bits per heavy atom. The van der Waals surface area contributed by atoms with Crippen molar-refractivity contribution in [2.75, 3.05) is 13.7 Å². The molecule has 0 aliphatic carbocycles. The first kappa shape index (κ1) is 21.1. The Kier molecular flexibility index (Phi) is 6.36. The maximum atomic E-state index is 11.7. The second kappa shape index (κ2) is 8.42. The van der Waals surface area contributed by atoms with Crippen LogP contribution >= 0.6 is 34.8 Å². The quantitative estimate of drug-likeness (QED) is 0.644. The van der Waals surface area contributed by atoms with Crippen LogP contribution in [0.4, 0.5) is 0 Å². The minimum Gasteiger partial charge on any atom is -0.456 e. The van der Waals surface area contributed by atoms with Gasteiger partial charge in [0, 0.05) is 21.0 Å². The lowest BCUT2D eigenvalue weighted by Crippen LogP contribution is -2.40. The van der Waals surface area contributed by atoms with E-state index in [2.05, 4.69) is 4.98 Å². The van der Waals surface area contributed by atoms with E-state index in [-0.39, 0.29) is 11.9 Å². The highest BCUT2D eigenvalue weighted by atomic mass is 35.5. The number of ether oxygens (including phenoxy) is 4. The molecule has 4 unspecified atom stereocenters. The van der Waals surface area contributed by atoms with Crippen molar-refractivity contribution in [2.24, 2.45) is 0 Å². The molecule has 3 rings (SSSR count). The smallest absolute Gasteiger partial charge is 0.303 e. The minimum atomic E-state index is -0.981. The van der Waals surface area contributed by atoms with Gasteiger partial charge in [-0.15, -0.1) is 0 Å². The summed E-state index contributed by atoms with van der Waals surface area (Å²) >= 11 is 18.5. The van der Waals surface area contributed by atoms with E-state index in [4.69, 9.17) is 53.8 Å². The highest BCUT2D eigenvalue weighted by molar-refractivity contribution is 6.42. The summed E-state index contributed by atoms with van der Waals surface area (Å²) in [5.41, 5.74) is 0.991. The van der Waals surface area contributed by atoms with Gasteiger partial charge in [-0.3, -0.25) is 14.2 Å². The first-order chi connectivity index (χ1) is 13.2. The highest BCUT2D eigenvalue weighted by Crippen LogP contribution is 2.39. The van der Waals surface area contributed by atoms with Gasteiger partial charge in [-0.2, -0.15) is 0 Å². The molecule has 2 aromatic rings. The van der Waals surface area contributed by atoms with Crippen LogP contribution in [0.2, 0.25) is 15.3 Å². The molecule has 152 valence electrons. The average molecular weight is 452 g/mol. The van der Waals surface area contributed by atoms with Crippen LogP contribution in [0.15, 0.2) is 12.1 Å². The Morgan fingerprint density at radius 3 is 2.32 bits per heavy atom. The number of rotatable bonds is 5. The van der Waals surface area contributed by atoms with E-state index in [1.807, 2.05) is 0 Å². The van der Waals surface area contributed by atoms with Gasteiger partial charge in [-0.05, 0) is 23.7 Å². The van der Waals surface area contributed by atoms with Crippen molar-refractivity contribution in [2.45, 2.75) is 38.4 Å². The molecule has 1 aliphatic rings. The van der Waals surface area contributed by atoms with Crippen LogP contribution in [0.25, 0.3) is 11.0 Å². The fourth-order valence-corrected chi connectivity index (χ4v) is 3.76.